The number of rotatable bonds is 40. The molecule has 0 spiro atoms. The fourth-order valence-electron chi connectivity index (χ4n) is 5.94. The van der Waals surface area contributed by atoms with Crippen molar-refractivity contribution in [3.8, 4) is 0 Å². The van der Waals surface area contributed by atoms with E-state index in [4.69, 9.17) is 18.5 Å². The summed E-state index contributed by atoms with van der Waals surface area (Å²) in [7, 11) is 1.30. The standard InChI is InChI=1S/C45H84NO10P/c1-6-8-10-12-14-16-18-20-21-23-25-27-29-31-35-44(49)53-39-41(40-55-57(51,52)54-38-37-46(3,4)5)56-45(50)36-32-34-43(48)42(47)33-30-28-26-24-22-19-17-15-13-11-9-7-2/h15,17,22,24,28,30,41-43,47-48H,6-14,16,18-21,23,25-27,29,31-40H2,1-5H3/p+1/b17-15-,24-22-,30-28-/t41-,42?,43?/m1/s1. The Kier molecular flexibility index (Phi) is 36.0. The van der Waals surface area contributed by atoms with Crippen LogP contribution in [0.2, 0.25) is 0 Å². The van der Waals surface area contributed by atoms with Gasteiger partial charge in [-0.15, -0.1) is 0 Å². The molecule has 0 bridgehead atoms. The Balaban J connectivity index is 4.60. The molecule has 0 heterocycles. The first-order valence-corrected chi connectivity index (χ1v) is 23.9. The van der Waals surface area contributed by atoms with E-state index in [1.807, 2.05) is 33.3 Å². The molecule has 0 aromatic carbocycles. The molecule has 0 aliphatic carbocycles. The third kappa shape index (κ3) is 39.4. The largest absolute Gasteiger partial charge is 0.472 e. The number of hydrogen-bond acceptors (Lipinski definition) is 9. The Morgan fingerprint density at radius 2 is 1.12 bits per heavy atom. The number of quaternary nitrogens is 1. The van der Waals surface area contributed by atoms with E-state index < -0.39 is 44.7 Å². The van der Waals surface area contributed by atoms with Crippen LogP contribution in [-0.2, 0) is 32.7 Å². The number of phosphoric acid groups is 1. The molecular formula is C45H85NO10P+. The molecule has 334 valence electrons. The van der Waals surface area contributed by atoms with Crippen LogP contribution in [0.4, 0.5) is 0 Å². The molecule has 0 amide bonds. The first-order valence-electron chi connectivity index (χ1n) is 22.4. The van der Waals surface area contributed by atoms with E-state index in [2.05, 4.69) is 38.2 Å². The number of nitrogens with zero attached hydrogens (tertiary/aromatic N) is 1. The number of esters is 2. The number of aliphatic hydroxyl groups is 2. The number of unbranched alkanes of at least 4 members (excludes halogenated alkanes) is 16. The zero-order valence-corrected chi connectivity index (χ0v) is 37.7. The van der Waals surface area contributed by atoms with Gasteiger partial charge in [0.05, 0.1) is 40.0 Å². The number of ether oxygens (including phenoxy) is 2. The van der Waals surface area contributed by atoms with Gasteiger partial charge >= 0.3 is 19.8 Å². The molecule has 0 saturated carbocycles. The number of phosphoric ester groups is 1. The number of carbonyl (C=O) groups excluding carboxylic acids is 2. The van der Waals surface area contributed by atoms with E-state index in [0.29, 0.717) is 23.9 Å². The van der Waals surface area contributed by atoms with Gasteiger partial charge in [-0.25, -0.2) is 4.57 Å². The van der Waals surface area contributed by atoms with E-state index >= 15 is 0 Å². The Morgan fingerprint density at radius 1 is 0.614 bits per heavy atom. The lowest BCUT2D eigenvalue weighted by Gasteiger charge is -2.24. The fourth-order valence-corrected chi connectivity index (χ4v) is 6.68. The molecule has 4 atom stereocenters. The van der Waals surface area contributed by atoms with Crippen LogP contribution in [0.25, 0.3) is 0 Å². The maximum atomic E-state index is 12.7. The zero-order chi connectivity index (χ0) is 42.5. The number of allylic oxidation sites excluding steroid dienone is 5. The van der Waals surface area contributed by atoms with E-state index in [-0.39, 0.29) is 38.9 Å². The van der Waals surface area contributed by atoms with Crippen molar-refractivity contribution in [2.75, 3.05) is 47.5 Å². The molecular weight excluding hydrogens is 745 g/mol. The predicted octanol–water partition coefficient (Wildman–Crippen LogP) is 10.5. The highest BCUT2D eigenvalue weighted by Crippen LogP contribution is 2.43. The molecule has 0 aromatic heterocycles. The first kappa shape index (κ1) is 55.2. The summed E-state index contributed by atoms with van der Waals surface area (Å²) in [6, 6.07) is 0. The molecule has 57 heavy (non-hydrogen) atoms. The maximum Gasteiger partial charge on any atom is 0.472 e. The summed E-state index contributed by atoms with van der Waals surface area (Å²) in [5.41, 5.74) is 0. The summed E-state index contributed by atoms with van der Waals surface area (Å²) in [5, 5.41) is 20.8. The van der Waals surface area contributed by atoms with Gasteiger partial charge < -0.3 is 29.1 Å². The second-order valence-electron chi connectivity index (χ2n) is 16.4. The van der Waals surface area contributed by atoms with Gasteiger partial charge in [0.25, 0.3) is 0 Å². The van der Waals surface area contributed by atoms with Crippen LogP contribution in [0.1, 0.15) is 174 Å². The van der Waals surface area contributed by atoms with Crippen molar-refractivity contribution in [1.82, 2.24) is 0 Å². The zero-order valence-electron chi connectivity index (χ0n) is 36.8. The van der Waals surface area contributed by atoms with E-state index in [0.717, 1.165) is 38.5 Å². The van der Waals surface area contributed by atoms with E-state index in [9.17, 15) is 29.3 Å². The third-order valence-electron chi connectivity index (χ3n) is 9.62. The molecule has 12 heteroatoms. The molecule has 0 aliphatic heterocycles. The van der Waals surface area contributed by atoms with Crippen LogP contribution in [0, 0.1) is 0 Å². The molecule has 3 N–H and O–H groups in total. The molecule has 0 rings (SSSR count). The number of aliphatic hydroxyl groups excluding tert-OH is 2. The minimum absolute atomic E-state index is 0.0198. The highest BCUT2D eigenvalue weighted by atomic mass is 31.2. The van der Waals surface area contributed by atoms with Gasteiger partial charge in [0.1, 0.15) is 19.8 Å². The number of likely N-dealkylation sites (N-methyl/N-ethyl adjacent to an activating group) is 1. The first-order chi connectivity index (χ1) is 27.3. The smallest absolute Gasteiger partial charge is 0.462 e. The van der Waals surface area contributed by atoms with Crippen LogP contribution < -0.4 is 0 Å². The summed E-state index contributed by atoms with van der Waals surface area (Å²) in [5.74, 6) is -1.08. The minimum Gasteiger partial charge on any atom is -0.462 e. The van der Waals surface area contributed by atoms with Crippen LogP contribution in [0.15, 0.2) is 36.5 Å². The summed E-state index contributed by atoms with van der Waals surface area (Å²) in [4.78, 5) is 35.4. The quantitative estimate of drug-likeness (QED) is 0.0179. The van der Waals surface area contributed by atoms with E-state index in [1.165, 1.54) is 83.5 Å². The predicted molar refractivity (Wildman–Crippen MR) is 232 cm³/mol. The van der Waals surface area contributed by atoms with Gasteiger partial charge in [-0.05, 0) is 51.4 Å². The average molecular weight is 831 g/mol. The molecule has 0 fully saturated rings. The minimum atomic E-state index is -4.45. The summed E-state index contributed by atoms with van der Waals surface area (Å²) in [6.07, 6.45) is 33.6. The van der Waals surface area contributed by atoms with E-state index in [1.54, 1.807) is 0 Å². The fraction of sp³-hybridized carbons (Fsp3) is 0.822. The molecule has 11 nitrogen and oxygen atoms in total. The molecule has 0 aliphatic rings. The van der Waals surface area contributed by atoms with Crippen molar-refractivity contribution in [2.45, 2.75) is 193 Å². The lowest BCUT2D eigenvalue weighted by molar-refractivity contribution is -0.870. The lowest BCUT2D eigenvalue weighted by Crippen LogP contribution is -2.37. The molecule has 0 radical (unpaired) electrons. The van der Waals surface area contributed by atoms with Crippen LogP contribution >= 0.6 is 7.82 Å². The molecule has 3 unspecified atom stereocenters. The van der Waals surface area contributed by atoms with Gasteiger partial charge in [0.15, 0.2) is 6.10 Å². The maximum absolute atomic E-state index is 12.7. The second kappa shape index (κ2) is 37.2. The summed E-state index contributed by atoms with van der Waals surface area (Å²) >= 11 is 0. The van der Waals surface area contributed by atoms with Gasteiger partial charge in [0.2, 0.25) is 0 Å². The van der Waals surface area contributed by atoms with Gasteiger partial charge in [-0.2, -0.15) is 0 Å². The van der Waals surface area contributed by atoms with Gasteiger partial charge in [0, 0.05) is 12.8 Å². The third-order valence-corrected chi connectivity index (χ3v) is 10.6. The van der Waals surface area contributed by atoms with Crippen molar-refractivity contribution in [3.63, 3.8) is 0 Å². The van der Waals surface area contributed by atoms with Crippen LogP contribution in [-0.4, -0.2) is 97.3 Å². The highest BCUT2D eigenvalue weighted by Gasteiger charge is 2.27. The van der Waals surface area contributed by atoms with Crippen molar-refractivity contribution >= 4 is 19.8 Å². The SMILES string of the molecule is CCCCC/C=C\C/C=C\C/C=C\CC(O)C(O)CCCC(=O)O[C@H](COC(=O)CCCCCCCCCCCCCCCC)COP(=O)(O)OCC[N+](C)(C)C. The summed E-state index contributed by atoms with van der Waals surface area (Å²) in [6.45, 7) is 4.05. The number of carbonyl (C=O) groups is 2. The Morgan fingerprint density at radius 3 is 1.70 bits per heavy atom. The van der Waals surface area contributed by atoms with Crippen molar-refractivity contribution in [1.29, 1.82) is 0 Å². The monoisotopic (exact) mass is 831 g/mol. The molecule has 0 aromatic rings. The lowest BCUT2D eigenvalue weighted by atomic mass is 10.0. The molecule has 0 saturated heterocycles. The van der Waals surface area contributed by atoms with Crippen LogP contribution in [0.3, 0.4) is 0 Å². The van der Waals surface area contributed by atoms with Crippen LogP contribution in [0.5, 0.6) is 0 Å². The summed E-state index contributed by atoms with van der Waals surface area (Å²) < 4.78 is 34.1. The van der Waals surface area contributed by atoms with Crippen molar-refractivity contribution in [3.05, 3.63) is 36.5 Å². The normalized spacial score (nSPS) is 15.0. The van der Waals surface area contributed by atoms with Gasteiger partial charge in [-0.3, -0.25) is 18.6 Å². The van der Waals surface area contributed by atoms with Crippen molar-refractivity contribution in [2.24, 2.45) is 0 Å². The Hall–Kier alpha value is -1.85. The number of hydrogen-bond donors (Lipinski definition) is 3. The average Bonchev–Trinajstić information content (AvgIpc) is 3.15. The van der Waals surface area contributed by atoms with Gasteiger partial charge in [-0.1, -0.05) is 147 Å². The topological polar surface area (TPSA) is 149 Å². The Labute approximate surface area is 347 Å². The second-order valence-corrected chi connectivity index (χ2v) is 17.9. The Bertz CT molecular complexity index is 1110. The highest BCUT2D eigenvalue weighted by molar-refractivity contribution is 7.47. The van der Waals surface area contributed by atoms with Crippen molar-refractivity contribution < 1.29 is 52.3 Å².